The first-order valence-electron chi connectivity index (χ1n) is 14.0. The lowest BCUT2D eigenvalue weighted by molar-refractivity contribution is -0.138. The highest BCUT2D eigenvalue weighted by atomic mass is 19.4. The van der Waals surface area contributed by atoms with Crippen molar-refractivity contribution in [2.75, 3.05) is 6.61 Å². The van der Waals surface area contributed by atoms with Gasteiger partial charge in [0.2, 0.25) is 0 Å². The van der Waals surface area contributed by atoms with Crippen LogP contribution in [0, 0.1) is 5.92 Å². The Labute approximate surface area is 251 Å². The van der Waals surface area contributed by atoms with E-state index in [0.29, 0.717) is 29.6 Å². The number of allylic oxidation sites excluding steroid dienone is 9. The maximum Gasteiger partial charge on any atom is 0.416 e. The van der Waals surface area contributed by atoms with E-state index in [1.54, 1.807) is 43.3 Å². The van der Waals surface area contributed by atoms with Crippen LogP contribution in [-0.4, -0.2) is 12.6 Å². The van der Waals surface area contributed by atoms with Gasteiger partial charge in [0, 0.05) is 12.1 Å². The van der Waals surface area contributed by atoms with E-state index in [-0.39, 0.29) is 17.4 Å². The molecule has 1 atom stereocenters. The normalized spacial score (nSPS) is 15.2. The van der Waals surface area contributed by atoms with Gasteiger partial charge in [0.25, 0.3) is 0 Å². The van der Waals surface area contributed by atoms with E-state index < -0.39 is 17.7 Å². The lowest BCUT2D eigenvalue weighted by atomic mass is 10.0. The Kier molecular flexibility index (Phi) is 11.6. The molecule has 1 aliphatic carbocycles. The van der Waals surface area contributed by atoms with Gasteiger partial charge in [-0.3, -0.25) is 0 Å². The highest BCUT2D eigenvalue weighted by Gasteiger charge is 2.32. The second kappa shape index (κ2) is 15.1. The number of hydrogen-bond donors (Lipinski definition) is 0. The first kappa shape index (κ1) is 33.0. The van der Waals surface area contributed by atoms with Crippen LogP contribution >= 0.6 is 0 Å². The van der Waals surface area contributed by atoms with Crippen LogP contribution in [0.1, 0.15) is 53.5 Å². The van der Waals surface area contributed by atoms with Crippen molar-refractivity contribution in [3.8, 4) is 23.0 Å². The van der Waals surface area contributed by atoms with Crippen LogP contribution in [0.25, 0.3) is 0 Å². The van der Waals surface area contributed by atoms with Gasteiger partial charge in [-0.05, 0) is 101 Å². The Balaban J connectivity index is 1.85. The average molecular weight is 595 g/mol. The molecule has 0 aromatic heterocycles. The largest absolute Gasteiger partial charge is 0.463 e. The van der Waals surface area contributed by atoms with Crippen LogP contribution in [-0.2, 0) is 15.7 Å². The molecule has 0 radical (unpaired) electrons. The third kappa shape index (κ3) is 10.1. The first-order valence-corrected chi connectivity index (χ1v) is 14.0. The minimum atomic E-state index is -4.55. The van der Waals surface area contributed by atoms with Gasteiger partial charge in [0.05, 0.1) is 12.2 Å². The molecule has 0 fully saturated rings. The van der Waals surface area contributed by atoms with Crippen molar-refractivity contribution in [1.29, 1.82) is 0 Å². The molecule has 1 unspecified atom stereocenters. The van der Waals surface area contributed by atoms with Crippen molar-refractivity contribution >= 4 is 5.97 Å². The number of alkyl halides is 3. The first-order chi connectivity index (χ1) is 20.4. The van der Waals surface area contributed by atoms with Crippen molar-refractivity contribution in [2.24, 2.45) is 5.92 Å². The summed E-state index contributed by atoms with van der Waals surface area (Å²) in [4.78, 5) is 11.6. The van der Waals surface area contributed by atoms with Crippen LogP contribution in [0.5, 0.6) is 23.0 Å². The summed E-state index contributed by atoms with van der Waals surface area (Å²) in [6.45, 7) is 11.5. The molecule has 0 N–H and O–H groups in total. The van der Waals surface area contributed by atoms with E-state index in [4.69, 9.17) is 18.9 Å². The van der Waals surface area contributed by atoms with Crippen LogP contribution in [0.4, 0.5) is 13.2 Å². The smallest absolute Gasteiger partial charge is 0.416 e. The maximum absolute atomic E-state index is 13.6. The van der Waals surface area contributed by atoms with Crippen molar-refractivity contribution < 1.29 is 36.9 Å². The molecule has 2 aromatic carbocycles. The Morgan fingerprint density at radius 3 is 2.49 bits per heavy atom. The summed E-state index contributed by atoms with van der Waals surface area (Å²) in [6, 6.07) is 9.93. The van der Waals surface area contributed by atoms with Gasteiger partial charge >= 0.3 is 12.1 Å². The van der Waals surface area contributed by atoms with E-state index in [2.05, 4.69) is 0 Å². The summed E-state index contributed by atoms with van der Waals surface area (Å²) in [7, 11) is 0. The minimum Gasteiger partial charge on any atom is -0.463 e. The molecular weight excluding hydrogens is 557 g/mol. The number of esters is 1. The van der Waals surface area contributed by atoms with Crippen molar-refractivity contribution in [2.45, 2.75) is 54.1 Å². The highest BCUT2D eigenvalue weighted by molar-refractivity contribution is 5.81. The monoisotopic (exact) mass is 594 g/mol. The van der Waals surface area contributed by atoms with E-state index >= 15 is 0 Å². The molecule has 0 saturated carbocycles. The number of rotatable bonds is 11. The zero-order valence-electron chi connectivity index (χ0n) is 25.2. The molecule has 8 heteroatoms. The van der Waals surface area contributed by atoms with Crippen LogP contribution in [0.15, 0.2) is 113 Å². The molecule has 0 saturated heterocycles. The molecule has 2 aromatic rings. The van der Waals surface area contributed by atoms with Crippen molar-refractivity contribution in [3.05, 3.63) is 119 Å². The fourth-order valence-corrected chi connectivity index (χ4v) is 3.93. The number of ether oxygens (including phenoxy) is 4. The standard InChI is InChI=1S/C35H37F3O5/c1-7-28(20-26(6)24(4)15-18-34(39)40-8-2)41-29-13-10-14-30(22-29)42-31-17-16-27(35(36,37)38)21-33(31)43-32-19-23(3)11-9-12-25(32)5/h7,9-10,12-22,24H,8,11H2,1-6H3/b18-15+,26-20-,28-7+. The summed E-state index contributed by atoms with van der Waals surface area (Å²) in [5.74, 6) is 1.44. The van der Waals surface area contributed by atoms with Crippen LogP contribution in [0.2, 0.25) is 0 Å². The fourth-order valence-electron chi connectivity index (χ4n) is 3.93. The molecule has 0 aliphatic heterocycles. The molecule has 0 bridgehead atoms. The van der Waals surface area contributed by atoms with Crippen molar-refractivity contribution in [3.63, 3.8) is 0 Å². The topological polar surface area (TPSA) is 54.0 Å². The van der Waals surface area contributed by atoms with Gasteiger partial charge < -0.3 is 18.9 Å². The second-order valence-corrected chi connectivity index (χ2v) is 10.1. The van der Waals surface area contributed by atoms with Crippen LogP contribution < -0.4 is 14.2 Å². The molecule has 0 heterocycles. The molecule has 3 rings (SSSR count). The Morgan fingerprint density at radius 2 is 1.79 bits per heavy atom. The predicted octanol–water partition coefficient (Wildman–Crippen LogP) is 10.0. The van der Waals surface area contributed by atoms with Crippen LogP contribution in [0.3, 0.4) is 0 Å². The summed E-state index contributed by atoms with van der Waals surface area (Å²) in [5.41, 5.74) is 1.90. The SMILES string of the molecule is C/C=C(\C=C(\C)C(C)/C=C/C(=O)OCC)Oc1cccc(Oc2ccc(C(F)(F)F)cc2OC2=C(C)C=CCC(C)=C2)c1. The molecule has 1 aliphatic rings. The van der Waals surface area contributed by atoms with Gasteiger partial charge in [0.15, 0.2) is 11.5 Å². The van der Waals surface area contributed by atoms with E-state index in [0.717, 1.165) is 35.3 Å². The molecule has 43 heavy (non-hydrogen) atoms. The van der Waals surface area contributed by atoms with E-state index in [1.807, 2.05) is 58.9 Å². The minimum absolute atomic E-state index is 0.0444. The summed E-state index contributed by atoms with van der Waals surface area (Å²) < 4.78 is 63.8. The summed E-state index contributed by atoms with van der Waals surface area (Å²) in [6.07, 6.45) is 8.66. The lowest BCUT2D eigenvalue weighted by Gasteiger charge is -2.17. The average Bonchev–Trinajstić information content (AvgIpc) is 3.11. The Hall–Kier alpha value is -4.46. The summed E-state index contributed by atoms with van der Waals surface area (Å²) in [5, 5.41) is 0. The third-order valence-electron chi connectivity index (χ3n) is 6.51. The fraction of sp³-hybridized carbons (Fsp3) is 0.286. The van der Waals surface area contributed by atoms with Crippen molar-refractivity contribution in [1.82, 2.24) is 0 Å². The zero-order valence-corrected chi connectivity index (χ0v) is 25.2. The molecular formula is C35H37F3O5. The number of halogens is 3. The molecule has 0 amide bonds. The van der Waals surface area contributed by atoms with Gasteiger partial charge in [-0.15, -0.1) is 0 Å². The Morgan fingerprint density at radius 1 is 1.05 bits per heavy atom. The zero-order chi connectivity index (χ0) is 31.6. The van der Waals surface area contributed by atoms with Gasteiger partial charge in [-0.2, -0.15) is 13.2 Å². The maximum atomic E-state index is 13.6. The number of benzene rings is 2. The summed E-state index contributed by atoms with van der Waals surface area (Å²) >= 11 is 0. The van der Waals surface area contributed by atoms with Gasteiger partial charge in [0.1, 0.15) is 23.0 Å². The number of hydrogen-bond acceptors (Lipinski definition) is 5. The molecule has 5 nitrogen and oxygen atoms in total. The lowest BCUT2D eigenvalue weighted by Crippen LogP contribution is -2.06. The quantitative estimate of drug-likeness (QED) is 0.112. The molecule has 228 valence electrons. The number of carbonyl (C=O) groups is 1. The Bertz CT molecular complexity index is 1490. The van der Waals surface area contributed by atoms with Gasteiger partial charge in [-0.1, -0.05) is 42.4 Å². The molecule has 0 spiro atoms. The van der Waals surface area contributed by atoms with E-state index in [1.165, 1.54) is 12.1 Å². The van der Waals surface area contributed by atoms with E-state index in [9.17, 15) is 18.0 Å². The highest BCUT2D eigenvalue weighted by Crippen LogP contribution is 2.40. The predicted molar refractivity (Wildman–Crippen MR) is 162 cm³/mol. The van der Waals surface area contributed by atoms with Gasteiger partial charge in [-0.25, -0.2) is 4.79 Å². The third-order valence-corrected chi connectivity index (χ3v) is 6.51. The second-order valence-electron chi connectivity index (χ2n) is 10.1. The number of carbonyl (C=O) groups excluding carboxylic acids is 1.